The number of ether oxygens (including phenoxy) is 4. The zero-order valence-electron chi connectivity index (χ0n) is 16.2. The van der Waals surface area contributed by atoms with Gasteiger partial charge in [-0.1, -0.05) is 30.3 Å². The summed E-state index contributed by atoms with van der Waals surface area (Å²) in [4.78, 5) is 12.7. The number of allylic oxidation sites excluding steroid dienone is 1. The van der Waals surface area contributed by atoms with Gasteiger partial charge in [0.15, 0.2) is 5.76 Å². The summed E-state index contributed by atoms with van der Waals surface area (Å²) in [5.41, 5.74) is 2.27. The Morgan fingerprint density at radius 2 is 1.69 bits per heavy atom. The van der Waals surface area contributed by atoms with Gasteiger partial charge >= 0.3 is 0 Å². The van der Waals surface area contributed by atoms with Crippen molar-refractivity contribution in [2.45, 2.75) is 6.61 Å². The maximum atomic E-state index is 12.7. The van der Waals surface area contributed by atoms with Gasteiger partial charge in [0.1, 0.15) is 29.6 Å². The van der Waals surface area contributed by atoms with E-state index in [9.17, 15) is 4.79 Å². The third-order valence-corrected chi connectivity index (χ3v) is 4.61. The van der Waals surface area contributed by atoms with Crippen LogP contribution in [0.25, 0.3) is 6.08 Å². The molecule has 3 aromatic carbocycles. The quantitative estimate of drug-likeness (QED) is 0.562. The molecule has 5 heteroatoms. The minimum atomic E-state index is -0.181. The molecule has 0 spiro atoms. The predicted molar refractivity (Wildman–Crippen MR) is 110 cm³/mol. The van der Waals surface area contributed by atoms with Crippen LogP contribution in [0.3, 0.4) is 0 Å². The Balaban J connectivity index is 1.56. The second-order valence-corrected chi connectivity index (χ2v) is 6.48. The average molecular weight is 388 g/mol. The van der Waals surface area contributed by atoms with Crippen LogP contribution in [0.5, 0.6) is 23.0 Å². The van der Waals surface area contributed by atoms with Gasteiger partial charge in [-0.15, -0.1) is 0 Å². The summed E-state index contributed by atoms with van der Waals surface area (Å²) >= 11 is 0. The Hall–Kier alpha value is -3.73. The molecule has 5 nitrogen and oxygen atoms in total. The van der Waals surface area contributed by atoms with Gasteiger partial charge in [0.2, 0.25) is 5.78 Å². The fraction of sp³-hybridized carbons (Fsp3) is 0.125. The highest BCUT2D eigenvalue weighted by atomic mass is 16.5. The van der Waals surface area contributed by atoms with Crippen molar-refractivity contribution in [1.29, 1.82) is 0 Å². The Morgan fingerprint density at radius 1 is 0.897 bits per heavy atom. The van der Waals surface area contributed by atoms with Gasteiger partial charge in [0.25, 0.3) is 0 Å². The van der Waals surface area contributed by atoms with Gasteiger partial charge in [-0.3, -0.25) is 4.79 Å². The summed E-state index contributed by atoms with van der Waals surface area (Å²) in [6.45, 7) is 0.442. The molecule has 0 saturated carbocycles. The third kappa shape index (κ3) is 3.94. The number of methoxy groups -OCH3 is 2. The largest absolute Gasteiger partial charge is 0.497 e. The van der Waals surface area contributed by atoms with Crippen LogP contribution in [0.4, 0.5) is 0 Å². The highest BCUT2D eigenvalue weighted by molar-refractivity contribution is 6.14. The van der Waals surface area contributed by atoms with Gasteiger partial charge in [0.05, 0.1) is 19.8 Å². The predicted octanol–water partition coefficient (Wildman–Crippen LogP) is 4.90. The van der Waals surface area contributed by atoms with E-state index in [1.807, 2.05) is 30.3 Å². The van der Waals surface area contributed by atoms with Crippen LogP contribution in [0.2, 0.25) is 0 Å². The number of rotatable bonds is 6. The second-order valence-electron chi connectivity index (χ2n) is 6.48. The van der Waals surface area contributed by atoms with Crippen LogP contribution in [-0.4, -0.2) is 20.0 Å². The molecule has 0 atom stereocenters. The Bertz CT molecular complexity index is 1070. The molecule has 1 heterocycles. The van der Waals surface area contributed by atoms with E-state index < -0.39 is 0 Å². The molecular weight excluding hydrogens is 368 g/mol. The highest BCUT2D eigenvalue weighted by Gasteiger charge is 2.28. The van der Waals surface area contributed by atoms with E-state index in [0.29, 0.717) is 40.7 Å². The number of hydrogen-bond donors (Lipinski definition) is 0. The zero-order chi connectivity index (χ0) is 20.2. The standard InChI is InChI=1S/C24H20O5/c1-26-18-9-11-21(27-2)17(12-18)13-23-24(25)20-10-8-19(14-22(20)29-23)28-15-16-6-4-3-5-7-16/h3-14H,15H2,1-2H3/b23-13-. The van der Waals surface area contributed by atoms with Crippen molar-refractivity contribution in [3.8, 4) is 23.0 Å². The van der Waals surface area contributed by atoms with Crippen molar-refractivity contribution in [1.82, 2.24) is 0 Å². The lowest BCUT2D eigenvalue weighted by molar-refractivity contribution is 0.101. The summed E-state index contributed by atoms with van der Waals surface area (Å²) in [6, 6.07) is 20.5. The molecular formula is C24H20O5. The third-order valence-electron chi connectivity index (χ3n) is 4.61. The van der Waals surface area contributed by atoms with Crippen LogP contribution in [0.1, 0.15) is 21.5 Å². The van der Waals surface area contributed by atoms with Crippen molar-refractivity contribution < 1.29 is 23.7 Å². The molecule has 29 heavy (non-hydrogen) atoms. The van der Waals surface area contributed by atoms with Crippen molar-refractivity contribution in [2.24, 2.45) is 0 Å². The number of Topliss-reactive ketones (excluding diaryl/α,β-unsaturated/α-hetero) is 1. The van der Waals surface area contributed by atoms with Gasteiger partial charge in [0, 0.05) is 11.6 Å². The van der Waals surface area contributed by atoms with Gasteiger partial charge in [-0.2, -0.15) is 0 Å². The second kappa shape index (κ2) is 8.10. The van der Waals surface area contributed by atoms with E-state index >= 15 is 0 Å². The van der Waals surface area contributed by atoms with E-state index in [4.69, 9.17) is 18.9 Å². The minimum Gasteiger partial charge on any atom is -0.497 e. The molecule has 0 saturated heterocycles. The summed E-state index contributed by atoms with van der Waals surface area (Å²) in [6.07, 6.45) is 1.66. The first-order valence-electron chi connectivity index (χ1n) is 9.15. The summed E-state index contributed by atoms with van der Waals surface area (Å²) in [5.74, 6) is 2.45. The number of carbonyl (C=O) groups excluding carboxylic acids is 1. The fourth-order valence-electron chi connectivity index (χ4n) is 3.09. The minimum absolute atomic E-state index is 0.181. The van der Waals surface area contributed by atoms with Gasteiger partial charge in [-0.05, 0) is 42.0 Å². The van der Waals surface area contributed by atoms with Crippen molar-refractivity contribution in [3.05, 3.63) is 89.2 Å². The van der Waals surface area contributed by atoms with Crippen LogP contribution in [-0.2, 0) is 6.61 Å². The highest BCUT2D eigenvalue weighted by Crippen LogP contribution is 2.36. The normalized spacial score (nSPS) is 13.7. The number of fused-ring (bicyclic) bond motifs is 1. The lowest BCUT2D eigenvalue weighted by atomic mass is 10.1. The molecule has 0 fully saturated rings. The Labute approximate surface area is 169 Å². The first-order valence-corrected chi connectivity index (χ1v) is 9.15. The van der Waals surface area contributed by atoms with Crippen molar-refractivity contribution in [3.63, 3.8) is 0 Å². The number of benzene rings is 3. The molecule has 3 aromatic rings. The molecule has 1 aliphatic heterocycles. The van der Waals surface area contributed by atoms with E-state index in [1.54, 1.807) is 56.7 Å². The molecule has 0 aromatic heterocycles. The first-order chi connectivity index (χ1) is 14.2. The maximum Gasteiger partial charge on any atom is 0.231 e. The number of hydrogen-bond acceptors (Lipinski definition) is 5. The fourth-order valence-corrected chi connectivity index (χ4v) is 3.09. The molecule has 0 unspecified atom stereocenters. The average Bonchev–Trinajstić information content (AvgIpc) is 3.07. The number of carbonyl (C=O) groups is 1. The molecule has 146 valence electrons. The van der Waals surface area contributed by atoms with E-state index in [1.165, 1.54) is 0 Å². The zero-order valence-corrected chi connectivity index (χ0v) is 16.2. The van der Waals surface area contributed by atoms with Gasteiger partial charge < -0.3 is 18.9 Å². The Kier molecular flexibility index (Phi) is 5.20. The van der Waals surface area contributed by atoms with E-state index in [-0.39, 0.29) is 11.5 Å². The topological polar surface area (TPSA) is 54.0 Å². The molecule has 0 amide bonds. The lowest BCUT2D eigenvalue weighted by Gasteiger charge is -2.08. The summed E-state index contributed by atoms with van der Waals surface area (Å²) in [5, 5.41) is 0. The molecule has 1 aliphatic rings. The number of ketones is 1. The van der Waals surface area contributed by atoms with Crippen LogP contribution in [0, 0.1) is 0 Å². The van der Waals surface area contributed by atoms with E-state index in [0.717, 1.165) is 5.56 Å². The summed E-state index contributed by atoms with van der Waals surface area (Å²) in [7, 11) is 3.16. The van der Waals surface area contributed by atoms with Crippen molar-refractivity contribution in [2.75, 3.05) is 14.2 Å². The SMILES string of the molecule is COc1ccc(OC)c(/C=C2\Oc3cc(OCc4ccccc4)ccc3C2=O)c1. The summed E-state index contributed by atoms with van der Waals surface area (Å²) < 4.78 is 22.3. The molecule has 0 aliphatic carbocycles. The van der Waals surface area contributed by atoms with Crippen molar-refractivity contribution >= 4 is 11.9 Å². The molecule has 0 radical (unpaired) electrons. The molecule has 4 rings (SSSR count). The van der Waals surface area contributed by atoms with Crippen LogP contribution < -0.4 is 18.9 Å². The van der Waals surface area contributed by atoms with Crippen LogP contribution in [0.15, 0.2) is 72.5 Å². The smallest absolute Gasteiger partial charge is 0.231 e. The van der Waals surface area contributed by atoms with Crippen LogP contribution >= 0.6 is 0 Å². The monoisotopic (exact) mass is 388 g/mol. The maximum absolute atomic E-state index is 12.7. The molecule has 0 bridgehead atoms. The molecule has 0 N–H and O–H groups in total. The van der Waals surface area contributed by atoms with E-state index in [2.05, 4.69) is 0 Å². The first kappa shape index (κ1) is 18.6. The lowest BCUT2D eigenvalue weighted by Crippen LogP contribution is -1.99. The van der Waals surface area contributed by atoms with Gasteiger partial charge in [-0.25, -0.2) is 0 Å². The Morgan fingerprint density at radius 3 is 2.45 bits per heavy atom.